The number of hydrogen-bond acceptors (Lipinski definition) is 4. The van der Waals surface area contributed by atoms with Crippen LogP contribution in [0.3, 0.4) is 0 Å². The second-order valence-corrected chi connectivity index (χ2v) is 6.28. The van der Waals surface area contributed by atoms with Gasteiger partial charge in [0.1, 0.15) is 6.04 Å². The third-order valence-electron chi connectivity index (χ3n) is 4.54. The zero-order valence-corrected chi connectivity index (χ0v) is 15.3. The molecule has 1 aromatic rings. The lowest BCUT2D eigenvalue weighted by Gasteiger charge is -2.37. The van der Waals surface area contributed by atoms with E-state index in [9.17, 15) is 22.8 Å². The number of carbonyl (C=O) groups excluding carboxylic acids is 2. The van der Waals surface area contributed by atoms with Gasteiger partial charge < -0.3 is 19.9 Å². The molecule has 150 valence electrons. The van der Waals surface area contributed by atoms with Crippen LogP contribution in [0.25, 0.3) is 0 Å². The Hall–Kier alpha value is -1.84. The van der Waals surface area contributed by atoms with Crippen LogP contribution in [0.4, 0.5) is 13.2 Å². The fourth-order valence-electron chi connectivity index (χ4n) is 3.09. The molecular weight excluding hydrogens is 387 g/mol. The Bertz CT molecular complexity index is 673. The molecule has 0 aromatic heterocycles. The molecule has 1 N–H and O–H groups in total. The van der Waals surface area contributed by atoms with Crippen molar-refractivity contribution in [2.24, 2.45) is 0 Å². The summed E-state index contributed by atoms with van der Waals surface area (Å²) < 4.78 is 43.7. The van der Waals surface area contributed by atoms with Crippen LogP contribution >= 0.6 is 12.4 Å². The highest BCUT2D eigenvalue weighted by molar-refractivity contribution is 5.94. The molecule has 0 bridgehead atoms. The zero-order chi connectivity index (χ0) is 18.7. The van der Waals surface area contributed by atoms with Gasteiger partial charge in [0.15, 0.2) is 0 Å². The van der Waals surface area contributed by atoms with E-state index < -0.39 is 17.6 Å². The van der Waals surface area contributed by atoms with Crippen molar-refractivity contribution in [3.8, 4) is 0 Å². The highest BCUT2D eigenvalue weighted by Gasteiger charge is 2.33. The molecule has 2 saturated heterocycles. The Balaban J connectivity index is 0.00000261. The molecule has 0 spiro atoms. The van der Waals surface area contributed by atoms with Crippen LogP contribution in [-0.4, -0.2) is 73.6 Å². The molecular formula is C17H21ClF3N3O3. The number of hydrogen-bond donors (Lipinski definition) is 1. The molecule has 6 nitrogen and oxygen atoms in total. The summed E-state index contributed by atoms with van der Waals surface area (Å²) in [6, 6.07) is 4.02. The van der Waals surface area contributed by atoms with E-state index in [2.05, 4.69) is 5.32 Å². The number of nitrogens with zero attached hydrogens (tertiary/aromatic N) is 2. The SMILES string of the molecule is Cl.O=C(c1cccc(C(F)(F)F)c1)N1CCN(C(=O)C2COCCN2)CC1. The third-order valence-corrected chi connectivity index (χ3v) is 4.54. The number of carbonyl (C=O) groups is 2. The van der Waals surface area contributed by atoms with Gasteiger partial charge in [-0.25, -0.2) is 0 Å². The summed E-state index contributed by atoms with van der Waals surface area (Å²) in [6.07, 6.45) is -4.49. The quantitative estimate of drug-likeness (QED) is 0.805. The van der Waals surface area contributed by atoms with E-state index in [1.165, 1.54) is 17.0 Å². The first kappa shape index (κ1) is 21.5. The van der Waals surface area contributed by atoms with Crippen LogP contribution in [0.2, 0.25) is 0 Å². The number of piperazine rings is 1. The van der Waals surface area contributed by atoms with Crippen LogP contribution in [0.1, 0.15) is 15.9 Å². The molecule has 2 fully saturated rings. The van der Waals surface area contributed by atoms with Crippen LogP contribution in [0, 0.1) is 0 Å². The van der Waals surface area contributed by atoms with Crippen molar-refractivity contribution in [3.63, 3.8) is 0 Å². The van der Waals surface area contributed by atoms with Crippen molar-refractivity contribution in [2.75, 3.05) is 45.9 Å². The van der Waals surface area contributed by atoms with Crippen LogP contribution in [0.5, 0.6) is 0 Å². The van der Waals surface area contributed by atoms with Crippen molar-refractivity contribution in [1.82, 2.24) is 15.1 Å². The minimum absolute atomic E-state index is 0. The molecule has 0 radical (unpaired) electrons. The predicted octanol–water partition coefficient (Wildman–Crippen LogP) is 1.40. The number of ether oxygens (including phenoxy) is 1. The number of morpholine rings is 1. The number of nitrogens with one attached hydrogen (secondary N) is 1. The van der Waals surface area contributed by atoms with Crippen molar-refractivity contribution >= 4 is 24.2 Å². The van der Waals surface area contributed by atoms with Gasteiger partial charge in [0.2, 0.25) is 5.91 Å². The molecule has 1 atom stereocenters. The predicted molar refractivity (Wildman–Crippen MR) is 93.8 cm³/mol. The largest absolute Gasteiger partial charge is 0.416 e. The van der Waals surface area contributed by atoms with Crippen LogP contribution in [0.15, 0.2) is 24.3 Å². The Kier molecular flexibility index (Phi) is 7.07. The van der Waals surface area contributed by atoms with E-state index in [1.807, 2.05) is 0 Å². The van der Waals surface area contributed by atoms with Crippen molar-refractivity contribution in [1.29, 1.82) is 0 Å². The van der Waals surface area contributed by atoms with E-state index >= 15 is 0 Å². The number of amides is 2. The number of benzene rings is 1. The standard InChI is InChI=1S/C17H20F3N3O3.ClH/c18-17(19,20)13-3-1-2-12(10-13)15(24)22-5-7-23(8-6-22)16(25)14-11-26-9-4-21-14;/h1-3,10,14,21H,4-9,11H2;1H. The Morgan fingerprint density at radius 2 is 1.78 bits per heavy atom. The monoisotopic (exact) mass is 407 g/mol. The molecule has 1 aromatic carbocycles. The van der Waals surface area contributed by atoms with Crippen LogP contribution < -0.4 is 5.32 Å². The van der Waals surface area contributed by atoms with Crippen LogP contribution in [-0.2, 0) is 15.7 Å². The van der Waals surface area contributed by atoms with Gasteiger partial charge >= 0.3 is 6.18 Å². The van der Waals surface area contributed by atoms with Crippen molar-refractivity contribution < 1.29 is 27.5 Å². The molecule has 0 saturated carbocycles. The van der Waals surface area contributed by atoms with Gasteiger partial charge in [0, 0.05) is 38.3 Å². The average Bonchev–Trinajstić information content (AvgIpc) is 2.67. The number of halogens is 4. The number of rotatable bonds is 2. The first-order valence-corrected chi connectivity index (χ1v) is 8.43. The second-order valence-electron chi connectivity index (χ2n) is 6.28. The summed E-state index contributed by atoms with van der Waals surface area (Å²) in [6.45, 7) is 2.78. The second kappa shape index (κ2) is 8.90. The maximum Gasteiger partial charge on any atom is 0.416 e. The lowest BCUT2D eigenvalue weighted by atomic mass is 10.1. The Morgan fingerprint density at radius 3 is 2.37 bits per heavy atom. The zero-order valence-electron chi connectivity index (χ0n) is 14.5. The fourth-order valence-corrected chi connectivity index (χ4v) is 3.09. The van der Waals surface area contributed by atoms with Gasteiger partial charge in [-0.2, -0.15) is 13.2 Å². The molecule has 1 unspecified atom stereocenters. The summed E-state index contributed by atoms with van der Waals surface area (Å²) in [5.74, 6) is -0.529. The van der Waals surface area contributed by atoms with Crippen molar-refractivity contribution in [2.45, 2.75) is 12.2 Å². The van der Waals surface area contributed by atoms with Gasteiger partial charge in [-0.05, 0) is 18.2 Å². The summed E-state index contributed by atoms with van der Waals surface area (Å²) in [5, 5.41) is 3.09. The van der Waals surface area contributed by atoms with Gasteiger partial charge in [0.25, 0.3) is 5.91 Å². The first-order chi connectivity index (χ1) is 12.4. The molecule has 3 rings (SSSR count). The lowest BCUT2D eigenvalue weighted by molar-refractivity contribution is -0.138. The van der Waals surface area contributed by atoms with Gasteiger partial charge in [0.05, 0.1) is 18.8 Å². The number of alkyl halides is 3. The third kappa shape index (κ3) is 5.12. The molecule has 2 amide bonds. The Labute approximate surface area is 161 Å². The van der Waals surface area contributed by atoms with Gasteiger partial charge in [-0.15, -0.1) is 12.4 Å². The smallest absolute Gasteiger partial charge is 0.378 e. The fraction of sp³-hybridized carbons (Fsp3) is 0.529. The molecule has 10 heteroatoms. The Morgan fingerprint density at radius 1 is 1.11 bits per heavy atom. The minimum atomic E-state index is -4.49. The maximum absolute atomic E-state index is 12.8. The highest BCUT2D eigenvalue weighted by atomic mass is 35.5. The highest BCUT2D eigenvalue weighted by Crippen LogP contribution is 2.29. The van der Waals surface area contributed by atoms with Crippen molar-refractivity contribution in [3.05, 3.63) is 35.4 Å². The summed E-state index contributed by atoms with van der Waals surface area (Å²) in [5.41, 5.74) is -0.845. The summed E-state index contributed by atoms with van der Waals surface area (Å²) in [4.78, 5) is 28.0. The average molecular weight is 408 g/mol. The molecule has 2 heterocycles. The normalized spacial score (nSPS) is 20.8. The summed E-state index contributed by atoms with van der Waals surface area (Å²) >= 11 is 0. The van der Waals surface area contributed by atoms with E-state index in [-0.39, 0.29) is 43.0 Å². The summed E-state index contributed by atoms with van der Waals surface area (Å²) in [7, 11) is 0. The molecule has 0 aliphatic carbocycles. The molecule has 2 aliphatic rings. The van der Waals surface area contributed by atoms with E-state index in [1.54, 1.807) is 4.90 Å². The van der Waals surface area contributed by atoms with E-state index in [0.717, 1.165) is 12.1 Å². The topological polar surface area (TPSA) is 61.9 Å². The molecule has 2 aliphatic heterocycles. The first-order valence-electron chi connectivity index (χ1n) is 8.43. The van der Waals surface area contributed by atoms with Gasteiger partial charge in [-0.3, -0.25) is 9.59 Å². The maximum atomic E-state index is 12.8. The molecule has 27 heavy (non-hydrogen) atoms. The van der Waals surface area contributed by atoms with E-state index in [0.29, 0.717) is 32.8 Å². The minimum Gasteiger partial charge on any atom is -0.378 e. The lowest BCUT2D eigenvalue weighted by Crippen LogP contribution is -2.57. The van der Waals surface area contributed by atoms with E-state index in [4.69, 9.17) is 4.74 Å². The van der Waals surface area contributed by atoms with Gasteiger partial charge in [-0.1, -0.05) is 6.07 Å².